The van der Waals surface area contributed by atoms with Crippen LogP contribution in [0, 0.1) is 0 Å². The molecule has 1 amide bonds. The second kappa shape index (κ2) is 8.23. The van der Waals surface area contributed by atoms with Crippen LogP contribution in [0.5, 0.6) is 0 Å². The molecule has 1 aliphatic rings. The van der Waals surface area contributed by atoms with Gasteiger partial charge in [0.2, 0.25) is 0 Å². The third kappa shape index (κ3) is 4.03. The van der Waals surface area contributed by atoms with Crippen LogP contribution in [-0.2, 0) is 34.6 Å². The van der Waals surface area contributed by atoms with Crippen molar-refractivity contribution in [2.75, 3.05) is 13.2 Å². The molecule has 0 aliphatic carbocycles. The number of benzene rings is 1. The van der Waals surface area contributed by atoms with Crippen molar-refractivity contribution in [3.63, 3.8) is 0 Å². The molecule has 0 bridgehead atoms. The van der Waals surface area contributed by atoms with Crippen molar-refractivity contribution in [3.05, 3.63) is 69.3 Å². The highest BCUT2D eigenvalue weighted by atomic mass is 16.5. The van der Waals surface area contributed by atoms with Gasteiger partial charge in [0.1, 0.15) is 17.9 Å². The maximum atomic E-state index is 13.2. The molecule has 9 nitrogen and oxygen atoms in total. The molecule has 2 aromatic heterocycles. The van der Waals surface area contributed by atoms with Gasteiger partial charge in [0, 0.05) is 18.0 Å². The zero-order valence-electron chi connectivity index (χ0n) is 18.4. The van der Waals surface area contributed by atoms with Crippen LogP contribution in [0.4, 0.5) is 0 Å². The Labute approximate surface area is 184 Å². The summed E-state index contributed by atoms with van der Waals surface area (Å²) >= 11 is 0. The number of ether oxygens (including phenoxy) is 1. The number of carbonyl (C=O) groups excluding carboxylic acids is 1. The van der Waals surface area contributed by atoms with Gasteiger partial charge in [-0.1, -0.05) is 51.1 Å². The molecular formula is C23H26N4O5. The SMILES string of the molecule is CC(C)(C)c1cc2n(CC(=O)O)c3c(c(=O)n2n1)CN(CCOCc1ccccc1)C3=O. The van der Waals surface area contributed by atoms with Crippen molar-refractivity contribution in [1.82, 2.24) is 19.1 Å². The summed E-state index contributed by atoms with van der Waals surface area (Å²) in [6.07, 6.45) is 0. The van der Waals surface area contributed by atoms with E-state index in [1.807, 2.05) is 51.1 Å². The molecule has 0 saturated heterocycles. The third-order valence-electron chi connectivity index (χ3n) is 5.49. The number of carboxylic acid groups (broad SMARTS) is 1. The zero-order valence-corrected chi connectivity index (χ0v) is 18.4. The zero-order chi connectivity index (χ0) is 23.0. The first-order valence-corrected chi connectivity index (χ1v) is 10.5. The highest BCUT2D eigenvalue weighted by molar-refractivity contribution is 5.97. The molecule has 32 heavy (non-hydrogen) atoms. The van der Waals surface area contributed by atoms with Gasteiger partial charge >= 0.3 is 5.97 Å². The number of rotatable bonds is 7. The lowest BCUT2D eigenvalue weighted by molar-refractivity contribution is -0.137. The number of amides is 1. The summed E-state index contributed by atoms with van der Waals surface area (Å²) in [5.41, 5.74) is 1.63. The van der Waals surface area contributed by atoms with Gasteiger partial charge < -0.3 is 19.3 Å². The Morgan fingerprint density at radius 3 is 2.56 bits per heavy atom. The summed E-state index contributed by atoms with van der Waals surface area (Å²) < 4.78 is 8.28. The van der Waals surface area contributed by atoms with Crippen LogP contribution in [0.1, 0.15) is 48.1 Å². The molecule has 168 valence electrons. The van der Waals surface area contributed by atoms with Crippen LogP contribution in [0.3, 0.4) is 0 Å². The summed E-state index contributed by atoms with van der Waals surface area (Å²) in [4.78, 5) is 39.4. The van der Waals surface area contributed by atoms with E-state index >= 15 is 0 Å². The van der Waals surface area contributed by atoms with Crippen molar-refractivity contribution >= 4 is 17.5 Å². The van der Waals surface area contributed by atoms with E-state index in [1.165, 1.54) is 14.0 Å². The summed E-state index contributed by atoms with van der Waals surface area (Å²) in [6.45, 7) is 6.54. The van der Waals surface area contributed by atoms with Gasteiger partial charge in [-0.3, -0.25) is 14.4 Å². The van der Waals surface area contributed by atoms with Gasteiger partial charge in [0.25, 0.3) is 11.5 Å². The average Bonchev–Trinajstić information content (AvgIpc) is 3.32. The average molecular weight is 438 g/mol. The summed E-state index contributed by atoms with van der Waals surface area (Å²) in [7, 11) is 0. The molecular weight excluding hydrogens is 412 g/mol. The Kier molecular flexibility index (Phi) is 5.60. The Morgan fingerprint density at radius 1 is 1.19 bits per heavy atom. The minimum Gasteiger partial charge on any atom is -0.480 e. The van der Waals surface area contributed by atoms with Gasteiger partial charge in [0.05, 0.1) is 31.0 Å². The number of hydrogen-bond donors (Lipinski definition) is 1. The van der Waals surface area contributed by atoms with Crippen LogP contribution in [0.25, 0.3) is 5.65 Å². The first kappa shape index (κ1) is 21.8. The van der Waals surface area contributed by atoms with E-state index in [9.17, 15) is 19.5 Å². The maximum absolute atomic E-state index is 13.2. The van der Waals surface area contributed by atoms with E-state index in [0.29, 0.717) is 31.1 Å². The number of aliphatic carboxylic acids is 1. The van der Waals surface area contributed by atoms with Crippen molar-refractivity contribution in [3.8, 4) is 0 Å². The number of carbonyl (C=O) groups is 2. The van der Waals surface area contributed by atoms with Crippen LogP contribution in [0.15, 0.2) is 41.2 Å². The molecule has 3 heterocycles. The summed E-state index contributed by atoms with van der Waals surface area (Å²) in [5, 5.41) is 13.9. The molecule has 0 radical (unpaired) electrons. The van der Waals surface area contributed by atoms with Crippen LogP contribution in [-0.4, -0.2) is 49.2 Å². The predicted octanol–water partition coefficient (Wildman–Crippen LogP) is 2.05. The highest BCUT2D eigenvalue weighted by Crippen LogP contribution is 2.26. The molecule has 0 saturated carbocycles. The standard InChI is InChI=1S/C23H26N4O5/c1-23(2,3)17-11-18-26(13-19(28)29)20-16(21(30)27(18)24-17)12-25(22(20)31)9-10-32-14-15-7-5-4-6-8-15/h4-8,11H,9-10,12-14H2,1-3H3,(H,28,29). The largest absolute Gasteiger partial charge is 0.480 e. The van der Waals surface area contributed by atoms with Gasteiger partial charge in [0.15, 0.2) is 0 Å². The predicted molar refractivity (Wildman–Crippen MR) is 117 cm³/mol. The Bertz CT molecular complexity index is 1240. The minimum atomic E-state index is -1.10. The quantitative estimate of drug-likeness (QED) is 0.566. The van der Waals surface area contributed by atoms with E-state index in [0.717, 1.165) is 5.56 Å². The second-order valence-corrected chi connectivity index (χ2v) is 8.93. The van der Waals surface area contributed by atoms with Crippen molar-refractivity contribution in [2.45, 2.75) is 45.9 Å². The lowest BCUT2D eigenvalue weighted by Crippen LogP contribution is -2.29. The van der Waals surface area contributed by atoms with E-state index < -0.39 is 18.1 Å². The lowest BCUT2D eigenvalue weighted by Gasteiger charge is -2.16. The molecule has 0 fully saturated rings. The topological polar surface area (TPSA) is 106 Å². The number of hydrogen-bond acceptors (Lipinski definition) is 5. The Morgan fingerprint density at radius 2 is 1.91 bits per heavy atom. The first-order valence-electron chi connectivity index (χ1n) is 10.5. The molecule has 0 atom stereocenters. The molecule has 4 rings (SSSR count). The first-order chi connectivity index (χ1) is 15.2. The van der Waals surface area contributed by atoms with E-state index in [1.54, 1.807) is 6.07 Å². The summed E-state index contributed by atoms with van der Waals surface area (Å²) in [6, 6.07) is 11.4. The van der Waals surface area contributed by atoms with Gasteiger partial charge in [-0.15, -0.1) is 0 Å². The summed E-state index contributed by atoms with van der Waals surface area (Å²) in [5.74, 6) is -1.48. The number of aromatic nitrogens is 3. The van der Waals surface area contributed by atoms with E-state index in [4.69, 9.17) is 4.74 Å². The Hall–Kier alpha value is -3.46. The number of fused-ring (bicyclic) bond motifs is 2. The van der Waals surface area contributed by atoms with Crippen LogP contribution >= 0.6 is 0 Å². The van der Waals surface area contributed by atoms with E-state index in [-0.39, 0.29) is 29.1 Å². The van der Waals surface area contributed by atoms with Crippen molar-refractivity contribution in [1.29, 1.82) is 0 Å². The molecule has 3 aromatic rings. The molecule has 0 spiro atoms. The number of carboxylic acids is 1. The monoisotopic (exact) mass is 438 g/mol. The van der Waals surface area contributed by atoms with Crippen molar-refractivity contribution < 1.29 is 19.4 Å². The number of nitrogens with zero attached hydrogens (tertiary/aromatic N) is 4. The maximum Gasteiger partial charge on any atom is 0.323 e. The van der Waals surface area contributed by atoms with Gasteiger partial charge in [-0.05, 0) is 5.56 Å². The lowest BCUT2D eigenvalue weighted by atomic mass is 9.93. The smallest absolute Gasteiger partial charge is 0.323 e. The fraction of sp³-hybridized carbons (Fsp3) is 0.391. The van der Waals surface area contributed by atoms with Crippen LogP contribution < -0.4 is 5.56 Å². The van der Waals surface area contributed by atoms with Crippen LogP contribution in [0.2, 0.25) is 0 Å². The van der Waals surface area contributed by atoms with Gasteiger partial charge in [-0.2, -0.15) is 9.61 Å². The molecule has 0 unspecified atom stereocenters. The highest BCUT2D eigenvalue weighted by Gasteiger charge is 2.35. The molecule has 9 heteroatoms. The molecule has 1 N–H and O–H groups in total. The third-order valence-corrected chi connectivity index (χ3v) is 5.49. The van der Waals surface area contributed by atoms with E-state index in [2.05, 4.69) is 5.10 Å². The van der Waals surface area contributed by atoms with Crippen molar-refractivity contribution in [2.24, 2.45) is 0 Å². The molecule has 1 aliphatic heterocycles. The Balaban J connectivity index is 1.62. The minimum absolute atomic E-state index is 0.0992. The molecule has 1 aromatic carbocycles. The fourth-order valence-electron chi connectivity index (χ4n) is 3.80. The van der Waals surface area contributed by atoms with Gasteiger partial charge in [-0.25, -0.2) is 0 Å². The fourth-order valence-corrected chi connectivity index (χ4v) is 3.80. The second-order valence-electron chi connectivity index (χ2n) is 8.93. The normalized spacial score (nSPS) is 13.7.